The summed E-state index contributed by atoms with van der Waals surface area (Å²) in [5, 5.41) is 0.731. The molecule has 0 bridgehead atoms. The van der Waals surface area contributed by atoms with E-state index < -0.39 is 15.8 Å². The highest BCUT2D eigenvalue weighted by Crippen LogP contribution is 2.33. The van der Waals surface area contributed by atoms with E-state index in [1.807, 2.05) is 36.2 Å². The Balaban J connectivity index is 1.51. The molecule has 2 aromatic carbocycles. The fourth-order valence-electron chi connectivity index (χ4n) is 4.88. The minimum Gasteiger partial charge on any atom is -0.322 e. The molecule has 2 aliphatic rings. The van der Waals surface area contributed by atoms with E-state index in [2.05, 4.69) is 4.90 Å². The van der Waals surface area contributed by atoms with Crippen molar-refractivity contribution in [3.63, 3.8) is 0 Å². The standard InChI is InChI=1S/C24H29Cl2FN4O3S/c1-28(14-17-3-8-21(26)22(27)13-17)23-16-30(15-20(23)18-4-6-19(25)7-5-18)24(32)29-9-11-31(12-10-29)35(2,33)34/h3-8,13,20,23H,9-12,14-16H2,1-2H3. The van der Waals surface area contributed by atoms with E-state index in [0.717, 1.165) is 11.1 Å². The van der Waals surface area contributed by atoms with Gasteiger partial charge in [-0.05, 0) is 42.4 Å². The molecule has 2 atom stereocenters. The van der Waals surface area contributed by atoms with E-state index in [9.17, 15) is 17.6 Å². The molecule has 0 N–H and O–H groups in total. The number of hydrogen-bond donors (Lipinski definition) is 0. The maximum Gasteiger partial charge on any atom is 0.320 e. The monoisotopic (exact) mass is 542 g/mol. The molecule has 0 aliphatic carbocycles. The molecule has 2 unspecified atom stereocenters. The summed E-state index contributed by atoms with van der Waals surface area (Å²) in [7, 11) is -1.30. The third kappa shape index (κ3) is 6.09. The van der Waals surface area contributed by atoms with Gasteiger partial charge in [-0.3, -0.25) is 4.90 Å². The van der Waals surface area contributed by atoms with Crippen molar-refractivity contribution in [3.8, 4) is 0 Å². The smallest absolute Gasteiger partial charge is 0.320 e. The van der Waals surface area contributed by atoms with Crippen LogP contribution in [0.25, 0.3) is 0 Å². The van der Waals surface area contributed by atoms with Gasteiger partial charge < -0.3 is 9.80 Å². The van der Waals surface area contributed by atoms with Gasteiger partial charge in [0.15, 0.2) is 0 Å². The lowest BCUT2D eigenvalue weighted by atomic mass is 9.93. The van der Waals surface area contributed by atoms with Crippen LogP contribution in [0.5, 0.6) is 0 Å². The van der Waals surface area contributed by atoms with Crippen molar-refractivity contribution in [3.05, 3.63) is 69.5 Å². The minimum absolute atomic E-state index is 0.00354. The Kier molecular flexibility index (Phi) is 7.92. The van der Waals surface area contributed by atoms with Gasteiger partial charge in [0.2, 0.25) is 10.0 Å². The van der Waals surface area contributed by atoms with Gasteiger partial charge in [0.25, 0.3) is 0 Å². The van der Waals surface area contributed by atoms with E-state index in [4.69, 9.17) is 23.2 Å². The maximum absolute atomic E-state index is 14.0. The van der Waals surface area contributed by atoms with Crippen LogP contribution in [0.2, 0.25) is 10.0 Å². The van der Waals surface area contributed by atoms with Gasteiger partial charge in [0.05, 0.1) is 11.3 Å². The lowest BCUT2D eigenvalue weighted by Gasteiger charge is -2.35. The van der Waals surface area contributed by atoms with Crippen LogP contribution in [0.15, 0.2) is 42.5 Å². The van der Waals surface area contributed by atoms with Crippen LogP contribution in [0, 0.1) is 5.82 Å². The molecule has 2 fully saturated rings. The number of rotatable bonds is 5. The minimum atomic E-state index is -3.27. The van der Waals surface area contributed by atoms with Crippen molar-refractivity contribution in [2.24, 2.45) is 0 Å². The first-order chi connectivity index (χ1) is 16.5. The number of nitrogens with zero attached hydrogens (tertiary/aromatic N) is 4. The normalized spacial score (nSPS) is 21.7. The second kappa shape index (κ2) is 10.6. The fraction of sp³-hybridized carbons (Fsp3) is 0.458. The van der Waals surface area contributed by atoms with Crippen molar-refractivity contribution in [1.82, 2.24) is 19.0 Å². The zero-order valence-corrected chi connectivity index (χ0v) is 22.0. The third-order valence-corrected chi connectivity index (χ3v) is 8.68. The number of likely N-dealkylation sites (N-methyl/N-ethyl adjacent to an activating group) is 1. The summed E-state index contributed by atoms with van der Waals surface area (Å²) >= 11 is 11.9. The summed E-state index contributed by atoms with van der Waals surface area (Å²) in [5.74, 6) is -0.418. The zero-order valence-electron chi connectivity index (χ0n) is 19.7. The van der Waals surface area contributed by atoms with Crippen molar-refractivity contribution >= 4 is 39.3 Å². The van der Waals surface area contributed by atoms with E-state index in [1.165, 1.54) is 16.6 Å². The van der Waals surface area contributed by atoms with Crippen LogP contribution >= 0.6 is 23.2 Å². The summed E-state index contributed by atoms with van der Waals surface area (Å²) in [4.78, 5) is 19.1. The predicted molar refractivity (Wildman–Crippen MR) is 136 cm³/mol. The van der Waals surface area contributed by atoms with Crippen molar-refractivity contribution in [2.45, 2.75) is 18.5 Å². The van der Waals surface area contributed by atoms with Crippen molar-refractivity contribution in [1.29, 1.82) is 0 Å². The van der Waals surface area contributed by atoms with E-state index in [-0.39, 0.29) is 23.0 Å². The molecule has 0 spiro atoms. The number of halogens is 3. The summed E-state index contributed by atoms with van der Waals surface area (Å²) in [6.07, 6.45) is 1.19. The van der Waals surface area contributed by atoms with Crippen LogP contribution < -0.4 is 0 Å². The molecular formula is C24H29Cl2FN4O3S. The van der Waals surface area contributed by atoms with Crippen LogP contribution in [-0.4, -0.2) is 92.1 Å². The van der Waals surface area contributed by atoms with Gasteiger partial charge in [0, 0.05) is 62.8 Å². The fourth-order valence-corrected chi connectivity index (χ4v) is 5.95. The molecule has 4 rings (SSSR count). The molecule has 0 saturated carbocycles. The number of carbonyl (C=O) groups excluding carboxylic acids is 1. The Morgan fingerprint density at radius 2 is 1.69 bits per heavy atom. The lowest BCUT2D eigenvalue weighted by Crippen LogP contribution is -2.53. The molecule has 0 radical (unpaired) electrons. The Morgan fingerprint density at radius 1 is 1.03 bits per heavy atom. The molecule has 2 aromatic rings. The summed E-state index contributed by atoms with van der Waals surface area (Å²) in [6.45, 7) is 2.84. The zero-order chi connectivity index (χ0) is 25.3. The van der Waals surface area contributed by atoms with Crippen molar-refractivity contribution in [2.75, 3.05) is 52.6 Å². The summed E-state index contributed by atoms with van der Waals surface area (Å²) < 4.78 is 39.0. The first-order valence-electron chi connectivity index (χ1n) is 11.4. The lowest BCUT2D eigenvalue weighted by molar-refractivity contribution is 0.138. The molecule has 2 heterocycles. The van der Waals surface area contributed by atoms with E-state index >= 15 is 0 Å². The molecule has 2 saturated heterocycles. The Bertz CT molecular complexity index is 1170. The Labute approximate surface area is 216 Å². The SMILES string of the molecule is CN(Cc1ccc(Cl)c(F)c1)C1CN(C(=O)N2CCN(S(C)(=O)=O)CC2)CC1c1ccc(Cl)cc1. The highest BCUT2D eigenvalue weighted by molar-refractivity contribution is 7.88. The topological polar surface area (TPSA) is 64.2 Å². The van der Waals surface area contributed by atoms with Crippen molar-refractivity contribution < 1.29 is 17.6 Å². The molecule has 11 heteroatoms. The number of carbonyl (C=O) groups is 1. The van der Waals surface area contributed by atoms with Crippen LogP contribution in [0.3, 0.4) is 0 Å². The number of benzene rings is 2. The van der Waals surface area contributed by atoms with Gasteiger partial charge in [0.1, 0.15) is 5.82 Å². The first kappa shape index (κ1) is 26.2. The number of sulfonamides is 1. The third-order valence-electron chi connectivity index (χ3n) is 6.82. The van der Waals surface area contributed by atoms with Gasteiger partial charge in [-0.25, -0.2) is 17.6 Å². The molecule has 7 nitrogen and oxygen atoms in total. The Morgan fingerprint density at radius 3 is 2.29 bits per heavy atom. The Hall–Kier alpha value is -1.91. The number of likely N-dealkylation sites (tertiary alicyclic amines) is 1. The van der Waals surface area contributed by atoms with Crippen LogP contribution in [0.4, 0.5) is 9.18 Å². The quantitative estimate of drug-likeness (QED) is 0.577. The average Bonchev–Trinajstić information content (AvgIpc) is 3.27. The van der Waals surface area contributed by atoms with Crippen LogP contribution in [0.1, 0.15) is 17.0 Å². The molecular weight excluding hydrogens is 514 g/mol. The van der Waals surface area contributed by atoms with Crippen LogP contribution in [-0.2, 0) is 16.6 Å². The number of hydrogen-bond acceptors (Lipinski definition) is 4. The highest BCUT2D eigenvalue weighted by Gasteiger charge is 2.40. The number of urea groups is 1. The van der Waals surface area contributed by atoms with E-state index in [0.29, 0.717) is 50.8 Å². The molecule has 190 valence electrons. The molecule has 2 amide bonds. The van der Waals surface area contributed by atoms with Gasteiger partial charge in [-0.1, -0.05) is 41.4 Å². The van der Waals surface area contributed by atoms with Gasteiger partial charge >= 0.3 is 6.03 Å². The second-order valence-electron chi connectivity index (χ2n) is 9.23. The number of amides is 2. The first-order valence-corrected chi connectivity index (χ1v) is 14.0. The highest BCUT2D eigenvalue weighted by atomic mass is 35.5. The molecule has 2 aliphatic heterocycles. The summed E-state index contributed by atoms with van der Waals surface area (Å²) in [5.41, 5.74) is 1.87. The maximum atomic E-state index is 14.0. The molecule has 0 aromatic heterocycles. The average molecular weight is 543 g/mol. The largest absolute Gasteiger partial charge is 0.322 e. The van der Waals surface area contributed by atoms with E-state index in [1.54, 1.807) is 17.0 Å². The summed E-state index contributed by atoms with van der Waals surface area (Å²) in [6, 6.07) is 12.4. The predicted octanol–water partition coefficient (Wildman–Crippen LogP) is 3.73. The van der Waals surface area contributed by atoms with Gasteiger partial charge in [-0.2, -0.15) is 4.31 Å². The molecule has 35 heavy (non-hydrogen) atoms. The number of piperazine rings is 1. The van der Waals surface area contributed by atoms with Gasteiger partial charge in [-0.15, -0.1) is 0 Å². The second-order valence-corrected chi connectivity index (χ2v) is 12.1.